The molecular formula is C11H14N4O3. The van der Waals surface area contributed by atoms with Gasteiger partial charge in [0.05, 0.1) is 18.5 Å². The fourth-order valence-corrected chi connectivity index (χ4v) is 1.59. The van der Waals surface area contributed by atoms with Crippen molar-refractivity contribution in [2.24, 2.45) is 7.05 Å². The van der Waals surface area contributed by atoms with E-state index < -0.39 is 5.97 Å². The largest absolute Gasteiger partial charge is 0.480 e. The van der Waals surface area contributed by atoms with Crippen LogP contribution in [0.3, 0.4) is 0 Å². The number of carboxylic acids is 1. The van der Waals surface area contributed by atoms with Crippen molar-refractivity contribution >= 4 is 22.8 Å². The number of hydrogen-bond donors (Lipinski definition) is 2. The quantitative estimate of drug-likeness (QED) is 0.725. The van der Waals surface area contributed by atoms with Crippen LogP contribution in [0, 0.1) is 0 Å². The normalized spacial score (nSPS) is 10.7. The summed E-state index contributed by atoms with van der Waals surface area (Å²) in [5.74, 6) is -0.299. The van der Waals surface area contributed by atoms with Crippen LogP contribution in [-0.4, -0.2) is 45.4 Å². The summed E-state index contributed by atoms with van der Waals surface area (Å²) in [6.45, 7) is 0.496. The predicted molar refractivity (Wildman–Crippen MR) is 65.5 cm³/mol. The third-order valence-corrected chi connectivity index (χ3v) is 2.41. The van der Waals surface area contributed by atoms with E-state index in [-0.39, 0.29) is 6.61 Å². The number of anilines is 1. The number of aromatic nitrogens is 3. The number of imidazole rings is 1. The van der Waals surface area contributed by atoms with Gasteiger partial charge in [-0.3, -0.25) is 0 Å². The zero-order chi connectivity index (χ0) is 13.0. The zero-order valence-corrected chi connectivity index (χ0v) is 9.96. The van der Waals surface area contributed by atoms with Crippen molar-refractivity contribution < 1.29 is 14.6 Å². The molecule has 0 fully saturated rings. The summed E-state index contributed by atoms with van der Waals surface area (Å²) in [4.78, 5) is 18.7. The van der Waals surface area contributed by atoms with Crippen molar-refractivity contribution in [1.82, 2.24) is 14.5 Å². The Kier molecular flexibility index (Phi) is 3.73. The highest BCUT2D eigenvalue weighted by molar-refractivity contribution is 5.85. The molecular weight excluding hydrogens is 236 g/mol. The number of carbonyl (C=O) groups is 1. The molecule has 7 heteroatoms. The number of nitrogens with zero attached hydrogens (tertiary/aromatic N) is 3. The molecule has 7 nitrogen and oxygen atoms in total. The highest BCUT2D eigenvalue weighted by Crippen LogP contribution is 2.17. The van der Waals surface area contributed by atoms with Crippen molar-refractivity contribution in [3.05, 3.63) is 18.6 Å². The SMILES string of the molecule is Cn1cnc2c(NCCOCC(=O)O)nccc21. The minimum Gasteiger partial charge on any atom is -0.480 e. The Bertz CT molecular complexity index is 552. The van der Waals surface area contributed by atoms with Gasteiger partial charge in [0, 0.05) is 19.8 Å². The zero-order valence-electron chi connectivity index (χ0n) is 9.96. The highest BCUT2D eigenvalue weighted by Gasteiger charge is 2.05. The Balaban J connectivity index is 1.93. The number of nitrogens with one attached hydrogen (secondary N) is 1. The van der Waals surface area contributed by atoms with Crippen LogP contribution >= 0.6 is 0 Å². The van der Waals surface area contributed by atoms with Crippen LogP contribution < -0.4 is 5.32 Å². The molecule has 2 aromatic rings. The van der Waals surface area contributed by atoms with Gasteiger partial charge in [0.2, 0.25) is 0 Å². The molecule has 0 atom stereocenters. The fourth-order valence-electron chi connectivity index (χ4n) is 1.59. The molecule has 0 aliphatic rings. The second kappa shape index (κ2) is 5.46. The van der Waals surface area contributed by atoms with E-state index in [1.54, 1.807) is 12.5 Å². The van der Waals surface area contributed by atoms with Gasteiger partial charge in [-0.2, -0.15) is 0 Å². The van der Waals surface area contributed by atoms with Gasteiger partial charge in [0.25, 0.3) is 0 Å². The summed E-state index contributed by atoms with van der Waals surface area (Å²) >= 11 is 0. The summed E-state index contributed by atoms with van der Waals surface area (Å²) in [7, 11) is 1.91. The Morgan fingerprint density at radius 1 is 1.56 bits per heavy atom. The molecule has 2 rings (SSSR count). The standard InChI is InChI=1S/C11H14N4O3/c1-15-7-14-10-8(15)2-3-12-11(10)13-4-5-18-6-9(16)17/h2-3,7H,4-6H2,1H3,(H,12,13)(H,16,17). The Hall–Kier alpha value is -2.15. The maximum atomic E-state index is 10.2. The van der Waals surface area contributed by atoms with Crippen LogP contribution in [0.25, 0.3) is 11.0 Å². The number of aliphatic carboxylic acids is 1. The van der Waals surface area contributed by atoms with Gasteiger partial charge in [-0.25, -0.2) is 14.8 Å². The number of rotatable bonds is 6. The molecule has 0 aliphatic heterocycles. The summed E-state index contributed by atoms with van der Waals surface area (Å²) in [5.41, 5.74) is 1.78. The number of fused-ring (bicyclic) bond motifs is 1. The molecule has 2 heterocycles. The van der Waals surface area contributed by atoms with Crippen LogP contribution in [-0.2, 0) is 16.6 Å². The van der Waals surface area contributed by atoms with Crippen molar-refractivity contribution in [3.63, 3.8) is 0 Å². The lowest BCUT2D eigenvalue weighted by Crippen LogP contribution is -2.14. The monoisotopic (exact) mass is 250 g/mol. The first-order valence-corrected chi connectivity index (χ1v) is 5.48. The molecule has 0 radical (unpaired) electrons. The van der Waals surface area contributed by atoms with Gasteiger partial charge in [-0.15, -0.1) is 0 Å². The predicted octanol–water partition coefficient (Wildman–Crippen LogP) is 0.481. The van der Waals surface area contributed by atoms with E-state index in [4.69, 9.17) is 9.84 Å². The van der Waals surface area contributed by atoms with Crippen LogP contribution in [0.2, 0.25) is 0 Å². The van der Waals surface area contributed by atoms with Gasteiger partial charge < -0.3 is 19.7 Å². The highest BCUT2D eigenvalue weighted by atomic mass is 16.5. The van der Waals surface area contributed by atoms with Crippen LogP contribution in [0.1, 0.15) is 0 Å². The van der Waals surface area contributed by atoms with Crippen LogP contribution in [0.5, 0.6) is 0 Å². The third kappa shape index (κ3) is 2.75. The molecule has 0 amide bonds. The number of hydrogen-bond acceptors (Lipinski definition) is 5. The van der Waals surface area contributed by atoms with Crippen molar-refractivity contribution in [3.8, 4) is 0 Å². The number of carboxylic acid groups (broad SMARTS) is 1. The minimum atomic E-state index is -0.972. The van der Waals surface area contributed by atoms with Gasteiger partial charge >= 0.3 is 5.97 Å². The van der Waals surface area contributed by atoms with E-state index >= 15 is 0 Å². The molecule has 2 aromatic heterocycles. The lowest BCUT2D eigenvalue weighted by molar-refractivity contribution is -0.142. The Morgan fingerprint density at radius 3 is 3.17 bits per heavy atom. The first-order chi connectivity index (χ1) is 8.68. The summed E-state index contributed by atoms with van der Waals surface area (Å²) in [6, 6.07) is 1.88. The number of aryl methyl sites for hydroxylation is 1. The molecule has 18 heavy (non-hydrogen) atoms. The summed E-state index contributed by atoms with van der Waals surface area (Å²) in [5, 5.41) is 11.5. The maximum absolute atomic E-state index is 10.2. The first-order valence-electron chi connectivity index (χ1n) is 5.48. The second-order valence-corrected chi connectivity index (χ2v) is 3.76. The minimum absolute atomic E-state index is 0.289. The Morgan fingerprint density at radius 2 is 2.39 bits per heavy atom. The average molecular weight is 250 g/mol. The van der Waals surface area contributed by atoms with E-state index in [2.05, 4.69) is 15.3 Å². The summed E-state index contributed by atoms with van der Waals surface area (Å²) in [6.07, 6.45) is 3.42. The number of pyridine rings is 1. The first kappa shape index (κ1) is 12.3. The molecule has 0 aromatic carbocycles. The molecule has 0 aliphatic carbocycles. The van der Waals surface area contributed by atoms with E-state index in [9.17, 15) is 4.79 Å². The average Bonchev–Trinajstić information content (AvgIpc) is 2.71. The van der Waals surface area contributed by atoms with E-state index in [0.29, 0.717) is 19.0 Å². The molecule has 0 saturated heterocycles. The fraction of sp³-hybridized carbons (Fsp3) is 0.364. The lowest BCUT2D eigenvalue weighted by Gasteiger charge is -2.06. The third-order valence-electron chi connectivity index (χ3n) is 2.41. The lowest BCUT2D eigenvalue weighted by atomic mass is 10.4. The van der Waals surface area contributed by atoms with Crippen molar-refractivity contribution in [2.75, 3.05) is 25.1 Å². The molecule has 2 N–H and O–H groups in total. The van der Waals surface area contributed by atoms with Gasteiger partial charge in [-0.05, 0) is 6.07 Å². The van der Waals surface area contributed by atoms with Gasteiger partial charge in [0.1, 0.15) is 12.1 Å². The maximum Gasteiger partial charge on any atom is 0.329 e. The molecule has 0 spiro atoms. The molecule has 0 saturated carbocycles. The van der Waals surface area contributed by atoms with Crippen LogP contribution in [0.15, 0.2) is 18.6 Å². The van der Waals surface area contributed by atoms with E-state index in [1.807, 2.05) is 17.7 Å². The van der Waals surface area contributed by atoms with Crippen molar-refractivity contribution in [2.45, 2.75) is 0 Å². The smallest absolute Gasteiger partial charge is 0.329 e. The van der Waals surface area contributed by atoms with Gasteiger partial charge in [-0.1, -0.05) is 0 Å². The molecule has 0 bridgehead atoms. The molecule has 0 unspecified atom stereocenters. The Labute approximate surface area is 103 Å². The summed E-state index contributed by atoms with van der Waals surface area (Å²) < 4.78 is 6.82. The van der Waals surface area contributed by atoms with Crippen molar-refractivity contribution in [1.29, 1.82) is 0 Å². The number of ether oxygens (including phenoxy) is 1. The van der Waals surface area contributed by atoms with Gasteiger partial charge in [0.15, 0.2) is 5.82 Å². The second-order valence-electron chi connectivity index (χ2n) is 3.76. The molecule has 96 valence electrons. The topological polar surface area (TPSA) is 89.3 Å². The van der Waals surface area contributed by atoms with Crippen LogP contribution in [0.4, 0.5) is 5.82 Å². The van der Waals surface area contributed by atoms with E-state index in [0.717, 1.165) is 11.0 Å². The van der Waals surface area contributed by atoms with E-state index in [1.165, 1.54) is 0 Å².